The molecule has 0 amide bonds. The lowest BCUT2D eigenvalue weighted by molar-refractivity contribution is 0.414. The normalized spacial score (nSPS) is 10.5. The van der Waals surface area contributed by atoms with Crippen LogP contribution in [0.3, 0.4) is 0 Å². The number of nitrogens with one attached hydrogen (secondary N) is 1. The molecule has 4 nitrogen and oxygen atoms in total. The van der Waals surface area contributed by atoms with Crippen molar-refractivity contribution in [1.29, 1.82) is 0 Å². The Balaban J connectivity index is 2.57. The first-order valence-electron chi connectivity index (χ1n) is 5.33. The molecular weight excluding hydrogens is 238 g/mol. The Labute approximate surface area is 105 Å². The van der Waals surface area contributed by atoms with Gasteiger partial charge in [-0.05, 0) is 24.1 Å². The number of methoxy groups -OCH3 is 1. The van der Waals surface area contributed by atoms with Gasteiger partial charge in [-0.2, -0.15) is 5.10 Å². The molecule has 0 aliphatic carbocycles. The van der Waals surface area contributed by atoms with Gasteiger partial charge in [-0.25, -0.2) is 0 Å². The van der Waals surface area contributed by atoms with Crippen LogP contribution >= 0.6 is 11.6 Å². The average Bonchev–Trinajstić information content (AvgIpc) is 2.75. The highest BCUT2D eigenvalue weighted by Gasteiger charge is 2.11. The maximum absolute atomic E-state index is 6.12. The number of hydrogen-bond acceptors (Lipinski definition) is 3. The van der Waals surface area contributed by atoms with Gasteiger partial charge in [0.05, 0.1) is 17.8 Å². The van der Waals surface area contributed by atoms with Crippen LogP contribution in [0.1, 0.15) is 12.5 Å². The number of aromatic nitrogens is 2. The zero-order chi connectivity index (χ0) is 12.4. The molecule has 90 valence electrons. The van der Waals surface area contributed by atoms with Crippen LogP contribution in [-0.4, -0.2) is 17.3 Å². The Morgan fingerprint density at radius 2 is 2.18 bits per heavy atom. The number of hydrogen-bond donors (Lipinski definition) is 2. The summed E-state index contributed by atoms with van der Waals surface area (Å²) in [6.45, 7) is 2.08. The number of aryl methyl sites for hydroxylation is 1. The molecule has 0 saturated carbocycles. The number of anilines is 1. The molecule has 0 bridgehead atoms. The Morgan fingerprint density at radius 3 is 2.71 bits per heavy atom. The van der Waals surface area contributed by atoms with E-state index in [2.05, 4.69) is 17.1 Å². The van der Waals surface area contributed by atoms with Crippen molar-refractivity contribution in [2.24, 2.45) is 0 Å². The maximum Gasteiger partial charge on any atom is 0.145 e. The minimum absolute atomic E-state index is 0.467. The van der Waals surface area contributed by atoms with Crippen molar-refractivity contribution in [3.05, 3.63) is 28.8 Å². The molecular formula is C12H14ClN3O. The highest BCUT2D eigenvalue weighted by atomic mass is 35.5. The Kier molecular flexibility index (Phi) is 3.24. The predicted octanol–water partition coefficient (Wildman–Crippen LogP) is 2.88. The number of aromatic amines is 1. The summed E-state index contributed by atoms with van der Waals surface area (Å²) in [5, 5.41) is 7.38. The minimum Gasteiger partial charge on any atom is -0.495 e. The van der Waals surface area contributed by atoms with Crippen LogP contribution in [-0.2, 0) is 6.42 Å². The monoisotopic (exact) mass is 251 g/mol. The third kappa shape index (κ3) is 2.22. The fourth-order valence-corrected chi connectivity index (χ4v) is 2.01. The lowest BCUT2D eigenvalue weighted by Crippen LogP contribution is -1.92. The van der Waals surface area contributed by atoms with Crippen molar-refractivity contribution in [2.75, 3.05) is 12.8 Å². The van der Waals surface area contributed by atoms with Crippen LogP contribution in [0.25, 0.3) is 11.3 Å². The molecule has 3 N–H and O–H groups in total. The summed E-state index contributed by atoms with van der Waals surface area (Å²) < 4.78 is 5.20. The van der Waals surface area contributed by atoms with E-state index in [1.54, 1.807) is 13.2 Å². The van der Waals surface area contributed by atoms with E-state index in [0.29, 0.717) is 16.6 Å². The molecule has 1 aromatic carbocycles. The fourth-order valence-electron chi connectivity index (χ4n) is 1.77. The number of halogens is 1. The molecule has 0 atom stereocenters. The van der Waals surface area contributed by atoms with Gasteiger partial charge in [0, 0.05) is 11.6 Å². The molecule has 1 aromatic heterocycles. The van der Waals surface area contributed by atoms with Crippen molar-refractivity contribution in [2.45, 2.75) is 13.3 Å². The van der Waals surface area contributed by atoms with Crippen molar-refractivity contribution < 1.29 is 4.74 Å². The maximum atomic E-state index is 6.12. The number of ether oxygens (including phenoxy) is 1. The van der Waals surface area contributed by atoms with E-state index in [4.69, 9.17) is 22.1 Å². The summed E-state index contributed by atoms with van der Waals surface area (Å²) >= 11 is 6.12. The number of nitrogens with two attached hydrogens (primary N) is 1. The van der Waals surface area contributed by atoms with E-state index < -0.39 is 0 Å². The zero-order valence-corrected chi connectivity index (χ0v) is 10.5. The summed E-state index contributed by atoms with van der Waals surface area (Å²) in [6.07, 6.45) is 0.877. The van der Waals surface area contributed by atoms with Crippen LogP contribution in [0.2, 0.25) is 5.02 Å². The second-order valence-corrected chi connectivity index (χ2v) is 4.11. The topological polar surface area (TPSA) is 63.9 Å². The van der Waals surface area contributed by atoms with Gasteiger partial charge in [0.25, 0.3) is 0 Å². The highest BCUT2D eigenvalue weighted by Crippen LogP contribution is 2.33. The fraction of sp³-hybridized carbons (Fsp3) is 0.250. The summed E-state index contributed by atoms with van der Waals surface area (Å²) in [7, 11) is 1.61. The van der Waals surface area contributed by atoms with Gasteiger partial charge in [0.2, 0.25) is 0 Å². The largest absolute Gasteiger partial charge is 0.495 e. The molecule has 5 heteroatoms. The van der Waals surface area contributed by atoms with Gasteiger partial charge in [0.15, 0.2) is 0 Å². The number of nitrogen functional groups attached to an aromatic ring is 1. The van der Waals surface area contributed by atoms with Crippen LogP contribution in [0, 0.1) is 0 Å². The van der Waals surface area contributed by atoms with Crippen molar-refractivity contribution >= 4 is 17.4 Å². The minimum atomic E-state index is 0.467. The summed E-state index contributed by atoms with van der Waals surface area (Å²) in [4.78, 5) is 0. The van der Waals surface area contributed by atoms with Gasteiger partial charge in [-0.3, -0.25) is 5.10 Å². The summed E-state index contributed by atoms with van der Waals surface area (Å²) in [5.74, 6) is 1.15. The standard InChI is InChI=1S/C12H14ClN3O/c1-3-7-4-11(17-2)9(13)5-8(7)10-6-12(14)16-15-10/h4-6H,3H2,1-2H3,(H3,14,15,16). The van der Waals surface area contributed by atoms with Crippen LogP contribution in [0.4, 0.5) is 5.82 Å². The van der Waals surface area contributed by atoms with Gasteiger partial charge in [-0.1, -0.05) is 18.5 Å². The number of nitrogens with zero attached hydrogens (tertiary/aromatic N) is 1. The molecule has 17 heavy (non-hydrogen) atoms. The van der Waals surface area contributed by atoms with Gasteiger partial charge >= 0.3 is 0 Å². The second kappa shape index (κ2) is 4.67. The first kappa shape index (κ1) is 11.8. The molecule has 0 saturated heterocycles. The Bertz CT molecular complexity index is 537. The van der Waals surface area contributed by atoms with Gasteiger partial charge < -0.3 is 10.5 Å². The van der Waals surface area contributed by atoms with E-state index >= 15 is 0 Å². The highest BCUT2D eigenvalue weighted by molar-refractivity contribution is 6.32. The quantitative estimate of drug-likeness (QED) is 0.882. The van der Waals surface area contributed by atoms with E-state index in [1.165, 1.54) is 0 Å². The molecule has 2 rings (SSSR count). The second-order valence-electron chi connectivity index (χ2n) is 3.70. The van der Waals surface area contributed by atoms with E-state index in [-0.39, 0.29) is 0 Å². The molecule has 0 unspecified atom stereocenters. The summed E-state index contributed by atoms with van der Waals surface area (Å²) in [5.41, 5.74) is 8.60. The predicted molar refractivity (Wildman–Crippen MR) is 69.4 cm³/mol. The van der Waals surface area contributed by atoms with Gasteiger partial charge in [-0.15, -0.1) is 0 Å². The molecule has 1 heterocycles. The van der Waals surface area contributed by atoms with Crippen molar-refractivity contribution in [3.63, 3.8) is 0 Å². The first-order chi connectivity index (χ1) is 8.15. The third-order valence-corrected chi connectivity index (χ3v) is 2.94. The Hall–Kier alpha value is -1.68. The summed E-state index contributed by atoms with van der Waals surface area (Å²) in [6, 6.07) is 5.60. The molecule has 0 spiro atoms. The van der Waals surface area contributed by atoms with Crippen molar-refractivity contribution in [1.82, 2.24) is 10.2 Å². The molecule has 0 radical (unpaired) electrons. The van der Waals surface area contributed by atoms with E-state index in [1.807, 2.05) is 12.1 Å². The van der Waals surface area contributed by atoms with Crippen LogP contribution in [0.5, 0.6) is 5.75 Å². The lowest BCUT2D eigenvalue weighted by Gasteiger charge is -2.10. The Morgan fingerprint density at radius 1 is 1.41 bits per heavy atom. The van der Waals surface area contributed by atoms with E-state index in [0.717, 1.165) is 23.2 Å². The average molecular weight is 252 g/mol. The number of H-pyrrole nitrogens is 1. The van der Waals surface area contributed by atoms with E-state index in [9.17, 15) is 0 Å². The molecule has 0 aliphatic rings. The first-order valence-corrected chi connectivity index (χ1v) is 5.71. The zero-order valence-electron chi connectivity index (χ0n) is 9.75. The SMILES string of the molecule is CCc1cc(OC)c(Cl)cc1-c1cc(N)n[nH]1. The van der Waals surface area contributed by atoms with Crippen LogP contribution in [0.15, 0.2) is 18.2 Å². The van der Waals surface area contributed by atoms with Crippen LogP contribution < -0.4 is 10.5 Å². The molecule has 0 aliphatic heterocycles. The number of benzene rings is 1. The third-order valence-electron chi connectivity index (χ3n) is 2.65. The molecule has 0 fully saturated rings. The molecule has 2 aromatic rings. The van der Waals surface area contributed by atoms with Gasteiger partial charge in [0.1, 0.15) is 11.6 Å². The smallest absolute Gasteiger partial charge is 0.145 e. The number of rotatable bonds is 3. The van der Waals surface area contributed by atoms with Crippen molar-refractivity contribution in [3.8, 4) is 17.0 Å². The lowest BCUT2D eigenvalue weighted by atomic mass is 10.0.